The number of hydrogen-bond donors (Lipinski definition) is 3. The molecule has 6 heteroatoms. The number of ether oxygens (including phenoxy) is 1. The van der Waals surface area contributed by atoms with Crippen molar-refractivity contribution in [1.29, 1.82) is 0 Å². The molecule has 0 aliphatic carbocycles. The number of aryl methyl sites for hydroxylation is 1. The normalized spacial score (nSPS) is 11.0. The number of nitrogens with zero attached hydrogens (tertiary/aromatic N) is 1. The molecule has 0 bridgehead atoms. The minimum atomic E-state index is -0.0617. The minimum Gasteiger partial charge on any atom is -0.496 e. The summed E-state index contributed by atoms with van der Waals surface area (Å²) in [5.74, 6) is 1.47. The maximum Gasteiger partial charge on any atom is 0.251 e. The Kier molecular flexibility index (Phi) is 7.67. The second-order valence-electron chi connectivity index (χ2n) is 6.15. The zero-order valence-electron chi connectivity index (χ0n) is 16.4. The van der Waals surface area contributed by atoms with Gasteiger partial charge in [-0.2, -0.15) is 0 Å². The molecule has 0 atom stereocenters. The van der Waals surface area contributed by atoms with Crippen molar-refractivity contribution >= 4 is 11.9 Å². The number of amides is 1. The Labute approximate surface area is 161 Å². The molecule has 0 fully saturated rings. The van der Waals surface area contributed by atoms with E-state index < -0.39 is 0 Å². The van der Waals surface area contributed by atoms with Crippen LogP contribution in [0.5, 0.6) is 5.75 Å². The van der Waals surface area contributed by atoms with Crippen LogP contribution in [0.4, 0.5) is 0 Å². The van der Waals surface area contributed by atoms with Gasteiger partial charge in [0.15, 0.2) is 5.96 Å². The van der Waals surface area contributed by atoms with Gasteiger partial charge in [0, 0.05) is 37.8 Å². The molecule has 27 heavy (non-hydrogen) atoms. The Morgan fingerprint density at radius 2 is 1.85 bits per heavy atom. The summed E-state index contributed by atoms with van der Waals surface area (Å²) in [6.07, 6.45) is 0. The number of carbonyl (C=O) groups excluding carboxylic acids is 1. The van der Waals surface area contributed by atoms with Crippen molar-refractivity contribution in [2.75, 3.05) is 20.7 Å². The van der Waals surface area contributed by atoms with Gasteiger partial charge in [-0.25, -0.2) is 0 Å². The first-order valence-corrected chi connectivity index (χ1v) is 9.02. The highest BCUT2D eigenvalue weighted by Crippen LogP contribution is 2.19. The second-order valence-corrected chi connectivity index (χ2v) is 6.15. The van der Waals surface area contributed by atoms with E-state index in [-0.39, 0.29) is 5.91 Å². The number of hydrogen-bond acceptors (Lipinski definition) is 3. The fourth-order valence-electron chi connectivity index (χ4n) is 2.67. The van der Waals surface area contributed by atoms with Gasteiger partial charge in [-0.05, 0) is 43.2 Å². The molecule has 0 spiro atoms. The maximum absolute atomic E-state index is 12.0. The van der Waals surface area contributed by atoms with E-state index in [2.05, 4.69) is 27.0 Å². The Morgan fingerprint density at radius 1 is 1.07 bits per heavy atom. The number of carbonyl (C=O) groups is 1. The van der Waals surface area contributed by atoms with Crippen molar-refractivity contribution < 1.29 is 9.53 Å². The van der Waals surface area contributed by atoms with Gasteiger partial charge in [-0.1, -0.05) is 24.3 Å². The number of aliphatic imine (C=N–C) groups is 1. The molecule has 0 radical (unpaired) electrons. The highest BCUT2D eigenvalue weighted by atomic mass is 16.5. The van der Waals surface area contributed by atoms with Gasteiger partial charge in [-0.15, -0.1) is 0 Å². The van der Waals surface area contributed by atoms with E-state index in [4.69, 9.17) is 4.74 Å². The van der Waals surface area contributed by atoms with Gasteiger partial charge in [-0.3, -0.25) is 9.79 Å². The van der Waals surface area contributed by atoms with Gasteiger partial charge in [0.25, 0.3) is 5.91 Å². The summed E-state index contributed by atoms with van der Waals surface area (Å²) < 4.78 is 5.44. The van der Waals surface area contributed by atoms with Crippen molar-refractivity contribution in [2.24, 2.45) is 4.99 Å². The fourth-order valence-corrected chi connectivity index (χ4v) is 2.67. The van der Waals surface area contributed by atoms with Crippen molar-refractivity contribution in [3.63, 3.8) is 0 Å². The van der Waals surface area contributed by atoms with Crippen molar-refractivity contribution in [3.8, 4) is 5.75 Å². The van der Waals surface area contributed by atoms with E-state index in [9.17, 15) is 4.79 Å². The number of rotatable bonds is 7. The van der Waals surface area contributed by atoms with Crippen LogP contribution in [0.15, 0.2) is 47.5 Å². The monoisotopic (exact) mass is 368 g/mol. The number of nitrogens with one attached hydrogen (secondary N) is 3. The predicted molar refractivity (Wildman–Crippen MR) is 109 cm³/mol. The molecule has 0 aliphatic heterocycles. The molecule has 0 saturated heterocycles. The summed E-state index contributed by atoms with van der Waals surface area (Å²) in [5, 5.41) is 9.37. The van der Waals surface area contributed by atoms with Crippen LogP contribution in [-0.2, 0) is 13.1 Å². The summed E-state index contributed by atoms with van der Waals surface area (Å²) in [4.78, 5) is 16.2. The first-order valence-electron chi connectivity index (χ1n) is 9.02. The van der Waals surface area contributed by atoms with E-state index in [1.165, 1.54) is 0 Å². The molecular formula is C21H28N4O2. The lowest BCUT2D eigenvalue weighted by Crippen LogP contribution is -2.36. The highest BCUT2D eigenvalue weighted by molar-refractivity contribution is 5.94. The predicted octanol–water partition coefficient (Wildman–Crippen LogP) is 2.62. The number of methoxy groups -OCH3 is 1. The van der Waals surface area contributed by atoms with Crippen molar-refractivity contribution in [3.05, 3.63) is 64.7 Å². The van der Waals surface area contributed by atoms with Crippen LogP contribution in [0, 0.1) is 6.92 Å². The third-order valence-electron chi connectivity index (χ3n) is 4.10. The lowest BCUT2D eigenvalue weighted by molar-refractivity contribution is 0.0955. The minimum absolute atomic E-state index is 0.0617. The zero-order chi connectivity index (χ0) is 19.6. The van der Waals surface area contributed by atoms with Crippen LogP contribution in [0.25, 0.3) is 0 Å². The third kappa shape index (κ3) is 6.02. The van der Waals surface area contributed by atoms with E-state index >= 15 is 0 Å². The summed E-state index contributed by atoms with van der Waals surface area (Å²) in [7, 11) is 3.40. The average Bonchev–Trinajstić information content (AvgIpc) is 2.69. The van der Waals surface area contributed by atoms with Crippen molar-refractivity contribution in [1.82, 2.24) is 16.0 Å². The van der Waals surface area contributed by atoms with Crippen LogP contribution in [0.3, 0.4) is 0 Å². The maximum atomic E-state index is 12.0. The van der Waals surface area contributed by atoms with E-state index in [0.29, 0.717) is 31.2 Å². The molecule has 0 saturated carbocycles. The molecule has 6 nitrogen and oxygen atoms in total. The summed E-state index contributed by atoms with van der Waals surface area (Å²) in [6.45, 7) is 5.72. The van der Waals surface area contributed by atoms with E-state index in [0.717, 1.165) is 22.4 Å². The number of guanidine groups is 1. The largest absolute Gasteiger partial charge is 0.496 e. The van der Waals surface area contributed by atoms with E-state index in [1.54, 1.807) is 14.2 Å². The first-order chi connectivity index (χ1) is 13.1. The molecule has 0 heterocycles. The van der Waals surface area contributed by atoms with Crippen molar-refractivity contribution in [2.45, 2.75) is 26.9 Å². The Hall–Kier alpha value is -3.02. The second kappa shape index (κ2) is 10.2. The van der Waals surface area contributed by atoms with Crippen LogP contribution in [0.2, 0.25) is 0 Å². The fraction of sp³-hybridized carbons (Fsp3) is 0.333. The Balaban J connectivity index is 1.95. The SMILES string of the molecule is CCNC(=O)c1cccc(CNC(=NC)NCc2ccc(C)cc2OC)c1. The summed E-state index contributed by atoms with van der Waals surface area (Å²) in [5.41, 5.74) is 3.88. The lowest BCUT2D eigenvalue weighted by atomic mass is 10.1. The van der Waals surface area contributed by atoms with Crippen LogP contribution >= 0.6 is 0 Å². The molecule has 3 N–H and O–H groups in total. The molecule has 144 valence electrons. The molecular weight excluding hydrogens is 340 g/mol. The molecule has 0 aliphatic rings. The lowest BCUT2D eigenvalue weighted by Gasteiger charge is -2.14. The average molecular weight is 368 g/mol. The van der Waals surface area contributed by atoms with Crippen LogP contribution < -0.4 is 20.7 Å². The Bertz CT molecular complexity index is 803. The molecule has 2 rings (SSSR count). The summed E-state index contributed by atoms with van der Waals surface area (Å²) in [6, 6.07) is 13.7. The highest BCUT2D eigenvalue weighted by Gasteiger charge is 2.07. The van der Waals surface area contributed by atoms with Crippen LogP contribution in [-0.4, -0.2) is 32.6 Å². The number of benzene rings is 2. The molecule has 2 aromatic rings. The first kappa shape index (κ1) is 20.3. The van der Waals surface area contributed by atoms with Crippen LogP contribution in [0.1, 0.15) is 34.0 Å². The molecule has 1 amide bonds. The van der Waals surface area contributed by atoms with Gasteiger partial charge in [0.05, 0.1) is 7.11 Å². The third-order valence-corrected chi connectivity index (χ3v) is 4.10. The van der Waals surface area contributed by atoms with Gasteiger partial charge in [0.2, 0.25) is 0 Å². The van der Waals surface area contributed by atoms with E-state index in [1.807, 2.05) is 50.2 Å². The molecule has 0 aromatic heterocycles. The molecule has 0 unspecified atom stereocenters. The standard InChI is InChI=1S/C21H28N4O2/c1-5-23-20(26)17-8-6-7-16(12-17)13-24-21(22-3)25-14-18-10-9-15(2)11-19(18)27-4/h6-12H,5,13-14H2,1-4H3,(H,23,26)(H2,22,24,25). The quantitative estimate of drug-likeness (QED) is 0.519. The van der Waals surface area contributed by atoms with Gasteiger partial charge < -0.3 is 20.7 Å². The van der Waals surface area contributed by atoms with Gasteiger partial charge in [0.1, 0.15) is 5.75 Å². The smallest absolute Gasteiger partial charge is 0.251 e. The van der Waals surface area contributed by atoms with Gasteiger partial charge >= 0.3 is 0 Å². The zero-order valence-corrected chi connectivity index (χ0v) is 16.4. The summed E-state index contributed by atoms with van der Waals surface area (Å²) >= 11 is 0. The topological polar surface area (TPSA) is 74.8 Å². The molecule has 2 aromatic carbocycles. The Morgan fingerprint density at radius 3 is 2.56 bits per heavy atom.